The zero-order valence-electron chi connectivity index (χ0n) is 15.6. The number of nitrogens with zero attached hydrogens (tertiary/aromatic N) is 2. The van der Waals surface area contributed by atoms with E-state index >= 15 is 0 Å². The van der Waals surface area contributed by atoms with Crippen LogP contribution in [0.3, 0.4) is 0 Å². The van der Waals surface area contributed by atoms with E-state index in [0.717, 1.165) is 51.8 Å². The molecular weight excluding hydrogens is 328 g/mol. The van der Waals surface area contributed by atoms with Gasteiger partial charge in [0.1, 0.15) is 5.78 Å². The molecule has 2 aliphatic rings. The molecule has 2 aliphatic heterocycles. The number of rotatable bonds is 7. The standard InChI is InChI=1S/C21H30N2O3/c24-20(11-10-18-7-2-1-3-8-18)19-9-6-13-22(17-19)21(25)12-15-23-14-4-5-16-26-23/h1-3,7-8,19H,4-6,9-17H2/t19-/m1/s1. The zero-order chi connectivity index (χ0) is 18.2. The Bertz CT molecular complexity index is 584. The lowest BCUT2D eigenvalue weighted by molar-refractivity contribution is -0.182. The number of carbonyl (C=O) groups is 2. The second-order valence-electron chi connectivity index (χ2n) is 7.35. The number of hydroxylamine groups is 2. The second kappa shape index (κ2) is 9.83. The molecule has 2 fully saturated rings. The van der Waals surface area contributed by atoms with Crippen LogP contribution < -0.4 is 0 Å². The van der Waals surface area contributed by atoms with E-state index in [1.807, 2.05) is 28.2 Å². The highest BCUT2D eigenvalue weighted by Gasteiger charge is 2.28. The first-order chi connectivity index (χ1) is 12.7. The Morgan fingerprint density at radius 3 is 2.65 bits per heavy atom. The highest BCUT2D eigenvalue weighted by atomic mass is 16.7. The van der Waals surface area contributed by atoms with Gasteiger partial charge < -0.3 is 4.90 Å². The summed E-state index contributed by atoms with van der Waals surface area (Å²) in [4.78, 5) is 32.5. The van der Waals surface area contributed by atoms with Crippen molar-refractivity contribution in [3.8, 4) is 0 Å². The molecule has 0 unspecified atom stereocenters. The van der Waals surface area contributed by atoms with Gasteiger partial charge in [-0.25, -0.2) is 0 Å². The Morgan fingerprint density at radius 2 is 1.88 bits per heavy atom. The van der Waals surface area contributed by atoms with Crippen LogP contribution in [0, 0.1) is 5.92 Å². The number of piperidine rings is 1. The first-order valence-electron chi connectivity index (χ1n) is 9.94. The fourth-order valence-electron chi connectivity index (χ4n) is 3.79. The van der Waals surface area contributed by atoms with Crippen LogP contribution in [-0.2, 0) is 20.8 Å². The molecule has 0 spiro atoms. The van der Waals surface area contributed by atoms with Crippen LogP contribution in [0.5, 0.6) is 0 Å². The Balaban J connectivity index is 1.42. The molecule has 0 aliphatic carbocycles. The summed E-state index contributed by atoms with van der Waals surface area (Å²) < 4.78 is 0. The van der Waals surface area contributed by atoms with E-state index in [1.54, 1.807) is 0 Å². The average molecular weight is 358 g/mol. The lowest BCUT2D eigenvalue weighted by Gasteiger charge is -2.33. The summed E-state index contributed by atoms with van der Waals surface area (Å²) in [5.41, 5.74) is 1.20. The Kier molecular flexibility index (Phi) is 7.21. The van der Waals surface area contributed by atoms with Crippen molar-refractivity contribution < 1.29 is 14.4 Å². The third-order valence-corrected chi connectivity index (χ3v) is 5.38. The van der Waals surface area contributed by atoms with Gasteiger partial charge in [0.05, 0.1) is 6.61 Å². The molecule has 0 N–H and O–H groups in total. The van der Waals surface area contributed by atoms with Gasteiger partial charge in [-0.15, -0.1) is 0 Å². The minimum atomic E-state index is 0.00245. The molecule has 1 atom stereocenters. The lowest BCUT2D eigenvalue weighted by atomic mass is 9.90. The van der Waals surface area contributed by atoms with Crippen LogP contribution in [0.1, 0.15) is 44.1 Å². The topological polar surface area (TPSA) is 49.9 Å². The molecule has 1 amide bonds. The summed E-state index contributed by atoms with van der Waals surface area (Å²) in [6, 6.07) is 10.1. The molecule has 0 bridgehead atoms. The summed E-state index contributed by atoms with van der Waals surface area (Å²) in [6.07, 6.45) is 5.90. The quantitative estimate of drug-likeness (QED) is 0.752. The molecular formula is C21H30N2O3. The summed E-state index contributed by atoms with van der Waals surface area (Å²) in [5, 5.41) is 1.91. The Hall–Kier alpha value is -1.72. The van der Waals surface area contributed by atoms with Crippen molar-refractivity contribution in [2.75, 3.05) is 32.8 Å². The van der Waals surface area contributed by atoms with Gasteiger partial charge in [0.2, 0.25) is 5.91 Å². The lowest BCUT2D eigenvalue weighted by Crippen LogP contribution is -2.43. The first kappa shape index (κ1) is 19.1. The van der Waals surface area contributed by atoms with Crippen molar-refractivity contribution >= 4 is 11.7 Å². The smallest absolute Gasteiger partial charge is 0.223 e. The predicted octanol–water partition coefficient (Wildman–Crippen LogP) is 2.84. The number of ketones is 1. The van der Waals surface area contributed by atoms with Gasteiger partial charge in [0.25, 0.3) is 0 Å². The van der Waals surface area contributed by atoms with Crippen molar-refractivity contribution in [2.24, 2.45) is 5.92 Å². The van der Waals surface area contributed by atoms with Crippen molar-refractivity contribution in [1.29, 1.82) is 0 Å². The molecule has 0 saturated carbocycles. The van der Waals surface area contributed by atoms with Gasteiger partial charge >= 0.3 is 0 Å². The SMILES string of the molecule is O=C(CCc1ccccc1)[C@@H]1CCCN(C(=O)CCN2CCCCO2)C1. The number of likely N-dealkylation sites (tertiary alicyclic amines) is 1. The van der Waals surface area contributed by atoms with Gasteiger partial charge in [-0.1, -0.05) is 30.3 Å². The summed E-state index contributed by atoms with van der Waals surface area (Å²) >= 11 is 0. The predicted molar refractivity (Wildman–Crippen MR) is 100 cm³/mol. The number of aryl methyl sites for hydroxylation is 1. The molecule has 0 aromatic heterocycles. The van der Waals surface area contributed by atoms with Crippen molar-refractivity contribution in [3.05, 3.63) is 35.9 Å². The fraction of sp³-hybridized carbons (Fsp3) is 0.619. The van der Waals surface area contributed by atoms with Crippen LogP contribution >= 0.6 is 0 Å². The second-order valence-corrected chi connectivity index (χ2v) is 7.35. The molecule has 5 nitrogen and oxygen atoms in total. The maximum absolute atomic E-state index is 12.6. The van der Waals surface area contributed by atoms with E-state index in [1.165, 1.54) is 5.56 Å². The van der Waals surface area contributed by atoms with Gasteiger partial charge in [0, 0.05) is 44.9 Å². The van der Waals surface area contributed by atoms with Crippen LogP contribution in [0.2, 0.25) is 0 Å². The number of amides is 1. The van der Waals surface area contributed by atoms with E-state index in [0.29, 0.717) is 31.7 Å². The molecule has 142 valence electrons. The third-order valence-electron chi connectivity index (χ3n) is 5.38. The molecule has 5 heteroatoms. The van der Waals surface area contributed by atoms with E-state index in [2.05, 4.69) is 12.1 Å². The van der Waals surface area contributed by atoms with Crippen molar-refractivity contribution in [3.63, 3.8) is 0 Å². The van der Waals surface area contributed by atoms with Crippen molar-refractivity contribution in [2.45, 2.75) is 44.9 Å². The van der Waals surface area contributed by atoms with E-state index in [9.17, 15) is 9.59 Å². The number of hydrogen-bond donors (Lipinski definition) is 0. The molecule has 0 radical (unpaired) electrons. The number of Topliss-reactive ketones (excluding diaryl/α,β-unsaturated/α-hetero) is 1. The number of benzene rings is 1. The zero-order valence-corrected chi connectivity index (χ0v) is 15.6. The van der Waals surface area contributed by atoms with Gasteiger partial charge in [-0.3, -0.25) is 14.4 Å². The Labute approximate surface area is 156 Å². The van der Waals surface area contributed by atoms with Crippen LogP contribution in [-0.4, -0.2) is 54.4 Å². The molecule has 26 heavy (non-hydrogen) atoms. The van der Waals surface area contributed by atoms with Gasteiger partial charge in [-0.2, -0.15) is 5.06 Å². The first-order valence-corrected chi connectivity index (χ1v) is 9.94. The van der Waals surface area contributed by atoms with E-state index in [-0.39, 0.29) is 11.8 Å². The monoisotopic (exact) mass is 358 g/mol. The molecule has 1 aromatic carbocycles. The molecule has 3 rings (SSSR count). The van der Waals surface area contributed by atoms with Crippen LogP contribution in [0.15, 0.2) is 30.3 Å². The minimum absolute atomic E-state index is 0.00245. The number of hydrogen-bond acceptors (Lipinski definition) is 4. The van der Waals surface area contributed by atoms with Crippen molar-refractivity contribution in [1.82, 2.24) is 9.96 Å². The van der Waals surface area contributed by atoms with Crippen LogP contribution in [0.25, 0.3) is 0 Å². The molecule has 2 saturated heterocycles. The normalized spacial score (nSPS) is 21.5. The molecule has 1 aromatic rings. The fourth-order valence-corrected chi connectivity index (χ4v) is 3.79. The van der Waals surface area contributed by atoms with Gasteiger partial charge in [0.15, 0.2) is 0 Å². The summed E-state index contributed by atoms with van der Waals surface area (Å²) in [5.74, 6) is 0.452. The third kappa shape index (κ3) is 5.64. The summed E-state index contributed by atoms with van der Waals surface area (Å²) in [6.45, 7) is 3.70. The number of carbonyl (C=O) groups excluding carboxylic acids is 2. The van der Waals surface area contributed by atoms with Crippen LogP contribution in [0.4, 0.5) is 0 Å². The highest BCUT2D eigenvalue weighted by Crippen LogP contribution is 2.20. The van der Waals surface area contributed by atoms with E-state index in [4.69, 9.17) is 4.84 Å². The largest absolute Gasteiger partial charge is 0.342 e. The van der Waals surface area contributed by atoms with Gasteiger partial charge in [-0.05, 0) is 37.7 Å². The minimum Gasteiger partial charge on any atom is -0.342 e. The Morgan fingerprint density at radius 1 is 1.04 bits per heavy atom. The van der Waals surface area contributed by atoms with E-state index < -0.39 is 0 Å². The highest BCUT2D eigenvalue weighted by molar-refractivity contribution is 5.83. The molecule has 2 heterocycles. The average Bonchev–Trinajstić information content (AvgIpc) is 2.72. The summed E-state index contributed by atoms with van der Waals surface area (Å²) in [7, 11) is 0. The maximum atomic E-state index is 12.6. The maximum Gasteiger partial charge on any atom is 0.223 e.